The van der Waals surface area contributed by atoms with Crippen molar-refractivity contribution in [3.63, 3.8) is 0 Å². The fourth-order valence-electron chi connectivity index (χ4n) is 1.40. The minimum absolute atomic E-state index is 0.215. The second-order valence-corrected chi connectivity index (χ2v) is 2.78. The summed E-state index contributed by atoms with van der Waals surface area (Å²) in [7, 11) is 0. The molecule has 0 spiro atoms. The van der Waals surface area contributed by atoms with Crippen LogP contribution in [0.25, 0.3) is 0 Å². The number of aromatic amines is 1. The number of carbonyl (C=O) groups is 1. The van der Waals surface area contributed by atoms with Crippen molar-refractivity contribution in [1.29, 1.82) is 0 Å². The molecule has 0 aliphatic heterocycles. The molecule has 11 heavy (non-hydrogen) atoms. The number of rotatable bonds is 1. The van der Waals surface area contributed by atoms with Gasteiger partial charge >= 0.3 is 0 Å². The van der Waals surface area contributed by atoms with Gasteiger partial charge in [0.2, 0.25) is 0 Å². The highest BCUT2D eigenvalue weighted by Crippen LogP contribution is 2.18. The smallest absolute Gasteiger partial charge is 0.181 e. The van der Waals surface area contributed by atoms with Crippen molar-refractivity contribution in [1.82, 2.24) is 9.97 Å². The minimum Gasteiger partial charge on any atom is -0.339 e. The third-order valence-electron chi connectivity index (χ3n) is 2.03. The molecule has 1 aromatic rings. The maximum atomic E-state index is 11.1. The van der Waals surface area contributed by atoms with Gasteiger partial charge in [0, 0.05) is 12.8 Å². The van der Waals surface area contributed by atoms with Crippen molar-refractivity contribution >= 4 is 5.78 Å². The van der Waals surface area contributed by atoms with Crippen LogP contribution >= 0.6 is 0 Å². The lowest BCUT2D eigenvalue weighted by atomic mass is 10.3. The molecule has 3 heteroatoms. The number of carbonyl (C=O) groups excluding carboxylic acids is 1. The molecule has 1 aromatic heterocycles. The number of aryl methyl sites for hydroxylation is 2. The van der Waals surface area contributed by atoms with E-state index in [0.717, 1.165) is 30.1 Å². The number of nitrogens with one attached hydrogen (secondary N) is 1. The van der Waals surface area contributed by atoms with E-state index in [4.69, 9.17) is 0 Å². The Morgan fingerprint density at radius 3 is 3.00 bits per heavy atom. The van der Waals surface area contributed by atoms with Gasteiger partial charge in [-0.25, -0.2) is 4.98 Å². The first-order valence-electron chi connectivity index (χ1n) is 3.92. The second-order valence-electron chi connectivity index (χ2n) is 2.78. The Labute approximate surface area is 64.8 Å². The van der Waals surface area contributed by atoms with E-state index in [1.807, 2.05) is 6.92 Å². The zero-order chi connectivity index (χ0) is 7.84. The van der Waals surface area contributed by atoms with Gasteiger partial charge in [-0.15, -0.1) is 0 Å². The Hall–Kier alpha value is -1.12. The van der Waals surface area contributed by atoms with E-state index < -0.39 is 0 Å². The highest BCUT2D eigenvalue weighted by molar-refractivity contribution is 5.98. The van der Waals surface area contributed by atoms with Crippen LogP contribution in [-0.2, 0) is 12.8 Å². The fraction of sp³-hybridized carbons (Fsp3) is 0.500. The van der Waals surface area contributed by atoms with Crippen molar-refractivity contribution in [3.05, 3.63) is 17.2 Å². The van der Waals surface area contributed by atoms with Crippen LogP contribution < -0.4 is 0 Å². The maximum Gasteiger partial charge on any atom is 0.181 e. The topological polar surface area (TPSA) is 45.8 Å². The highest BCUT2D eigenvalue weighted by Gasteiger charge is 2.22. The van der Waals surface area contributed by atoms with Crippen LogP contribution in [0.4, 0.5) is 0 Å². The Kier molecular flexibility index (Phi) is 1.31. The van der Waals surface area contributed by atoms with Crippen LogP contribution in [0.15, 0.2) is 0 Å². The van der Waals surface area contributed by atoms with Gasteiger partial charge in [0.05, 0.1) is 5.69 Å². The summed E-state index contributed by atoms with van der Waals surface area (Å²) in [6.45, 7) is 2.03. The summed E-state index contributed by atoms with van der Waals surface area (Å²) >= 11 is 0. The molecular weight excluding hydrogens is 140 g/mol. The van der Waals surface area contributed by atoms with Crippen molar-refractivity contribution in [2.45, 2.75) is 26.2 Å². The summed E-state index contributed by atoms with van der Waals surface area (Å²) in [5.74, 6) is 1.15. The molecule has 1 aliphatic rings. The summed E-state index contributed by atoms with van der Waals surface area (Å²) in [5, 5.41) is 0. The molecule has 0 radical (unpaired) electrons. The summed E-state index contributed by atoms with van der Waals surface area (Å²) in [5.41, 5.74) is 1.72. The van der Waals surface area contributed by atoms with E-state index in [2.05, 4.69) is 9.97 Å². The number of fused-ring (bicyclic) bond motifs is 1. The molecule has 2 rings (SSSR count). The van der Waals surface area contributed by atoms with Crippen LogP contribution in [-0.4, -0.2) is 15.8 Å². The first-order chi connectivity index (χ1) is 5.31. The minimum atomic E-state index is 0.215. The third kappa shape index (κ3) is 0.878. The van der Waals surface area contributed by atoms with Crippen LogP contribution in [0.5, 0.6) is 0 Å². The predicted octanol–water partition coefficient (Wildman–Crippen LogP) is 1.10. The molecule has 0 amide bonds. The lowest BCUT2D eigenvalue weighted by Gasteiger charge is -1.87. The van der Waals surface area contributed by atoms with E-state index >= 15 is 0 Å². The van der Waals surface area contributed by atoms with Crippen molar-refractivity contribution in [2.24, 2.45) is 0 Å². The van der Waals surface area contributed by atoms with Gasteiger partial charge in [0.1, 0.15) is 11.5 Å². The summed E-state index contributed by atoms with van der Waals surface area (Å²) in [6, 6.07) is 0. The largest absolute Gasteiger partial charge is 0.339 e. The van der Waals surface area contributed by atoms with Crippen LogP contribution in [0.2, 0.25) is 0 Å². The van der Waals surface area contributed by atoms with Crippen LogP contribution in [0.3, 0.4) is 0 Å². The lowest BCUT2D eigenvalue weighted by molar-refractivity contribution is 0.0990. The SMILES string of the molecule is CCc1nc2c([nH]1)C(=O)CC2. The molecule has 0 unspecified atom stereocenters. The molecule has 0 atom stereocenters. The number of aromatic nitrogens is 2. The summed E-state index contributed by atoms with van der Waals surface area (Å²) in [4.78, 5) is 18.4. The van der Waals surface area contributed by atoms with Crippen molar-refractivity contribution < 1.29 is 4.79 Å². The molecule has 0 saturated carbocycles. The molecule has 1 heterocycles. The fourth-order valence-corrected chi connectivity index (χ4v) is 1.40. The maximum absolute atomic E-state index is 11.1. The molecule has 0 aromatic carbocycles. The first-order valence-corrected chi connectivity index (χ1v) is 3.92. The number of hydrogen-bond acceptors (Lipinski definition) is 2. The zero-order valence-corrected chi connectivity index (χ0v) is 6.48. The van der Waals surface area contributed by atoms with Crippen LogP contribution in [0.1, 0.15) is 35.4 Å². The monoisotopic (exact) mass is 150 g/mol. The average molecular weight is 150 g/mol. The van der Waals surface area contributed by atoms with E-state index in [1.54, 1.807) is 0 Å². The Morgan fingerprint density at radius 2 is 2.36 bits per heavy atom. The molecule has 1 aliphatic carbocycles. The standard InChI is InChI=1S/C8H10N2O/c1-2-7-9-5-3-4-6(11)8(5)10-7/h2-4H2,1H3,(H,9,10). The Balaban J connectivity index is 2.46. The quantitative estimate of drug-likeness (QED) is 0.651. The third-order valence-corrected chi connectivity index (χ3v) is 2.03. The molecule has 0 bridgehead atoms. The average Bonchev–Trinajstić information content (AvgIpc) is 2.53. The lowest BCUT2D eigenvalue weighted by Crippen LogP contribution is -1.93. The van der Waals surface area contributed by atoms with Crippen molar-refractivity contribution in [3.8, 4) is 0 Å². The number of imidazole rings is 1. The van der Waals surface area contributed by atoms with Gasteiger partial charge in [-0.2, -0.15) is 0 Å². The number of Topliss-reactive ketones (excluding diaryl/α,β-unsaturated/α-hetero) is 1. The Morgan fingerprint density at radius 1 is 1.55 bits per heavy atom. The summed E-state index contributed by atoms with van der Waals surface area (Å²) < 4.78 is 0. The highest BCUT2D eigenvalue weighted by atomic mass is 16.1. The number of H-pyrrole nitrogens is 1. The molecule has 0 saturated heterocycles. The summed E-state index contributed by atoms with van der Waals surface area (Å²) in [6.07, 6.45) is 2.34. The molecule has 0 fully saturated rings. The van der Waals surface area contributed by atoms with E-state index in [9.17, 15) is 4.79 Å². The number of hydrogen-bond donors (Lipinski definition) is 1. The Bertz CT molecular complexity index is 301. The molecule has 58 valence electrons. The van der Waals surface area contributed by atoms with Crippen LogP contribution in [0, 0.1) is 0 Å². The van der Waals surface area contributed by atoms with Gasteiger partial charge < -0.3 is 4.98 Å². The number of nitrogens with zero attached hydrogens (tertiary/aromatic N) is 1. The molecule has 1 N–H and O–H groups in total. The number of ketones is 1. The van der Waals surface area contributed by atoms with Gasteiger partial charge in [0.25, 0.3) is 0 Å². The molecule has 3 nitrogen and oxygen atoms in total. The van der Waals surface area contributed by atoms with Crippen molar-refractivity contribution in [2.75, 3.05) is 0 Å². The van der Waals surface area contributed by atoms with Gasteiger partial charge in [-0.1, -0.05) is 6.92 Å². The normalized spacial score (nSPS) is 15.5. The zero-order valence-electron chi connectivity index (χ0n) is 6.48. The first kappa shape index (κ1) is 6.58. The van der Waals surface area contributed by atoms with E-state index in [-0.39, 0.29) is 5.78 Å². The van der Waals surface area contributed by atoms with E-state index in [1.165, 1.54) is 0 Å². The molecular formula is C8H10N2O. The van der Waals surface area contributed by atoms with Gasteiger partial charge in [-0.05, 0) is 6.42 Å². The van der Waals surface area contributed by atoms with Gasteiger partial charge in [0.15, 0.2) is 5.78 Å². The second kappa shape index (κ2) is 2.19. The predicted molar refractivity (Wildman–Crippen MR) is 40.6 cm³/mol. The van der Waals surface area contributed by atoms with E-state index in [0.29, 0.717) is 6.42 Å². The van der Waals surface area contributed by atoms with Gasteiger partial charge in [-0.3, -0.25) is 4.79 Å².